The molecule has 0 heterocycles. The molecule has 0 bridgehead atoms. The second kappa shape index (κ2) is 12.0. The van der Waals surface area contributed by atoms with Crippen LogP contribution in [-0.2, 0) is 14.8 Å². The third kappa shape index (κ3) is 6.28. The van der Waals surface area contributed by atoms with Crippen LogP contribution in [0.4, 0.5) is 5.69 Å². The Morgan fingerprint density at radius 2 is 1.57 bits per heavy atom. The van der Waals surface area contributed by atoms with E-state index in [2.05, 4.69) is 4.72 Å². The van der Waals surface area contributed by atoms with Gasteiger partial charge >= 0.3 is 0 Å². The number of halogens is 2. The summed E-state index contributed by atoms with van der Waals surface area (Å²) in [5.41, 5.74) is 1.07. The van der Waals surface area contributed by atoms with Gasteiger partial charge in [0.1, 0.15) is 16.7 Å². The zero-order chi connectivity index (χ0) is 27.3. The summed E-state index contributed by atoms with van der Waals surface area (Å²) in [4.78, 5) is 14.0. The minimum Gasteiger partial charge on any atom is -0.495 e. The van der Waals surface area contributed by atoms with E-state index in [0.717, 1.165) is 0 Å². The Kier molecular flexibility index (Phi) is 9.27. The van der Waals surface area contributed by atoms with E-state index in [-0.39, 0.29) is 22.1 Å². The van der Waals surface area contributed by atoms with Gasteiger partial charge in [0, 0.05) is 46.0 Å². The largest absolute Gasteiger partial charge is 0.495 e. The van der Waals surface area contributed by atoms with E-state index in [9.17, 15) is 18.3 Å². The van der Waals surface area contributed by atoms with Gasteiger partial charge in [0.15, 0.2) is 11.5 Å². The highest BCUT2D eigenvalue weighted by Gasteiger charge is 2.26. The number of anilines is 1. The topological polar surface area (TPSA) is 114 Å². The molecule has 37 heavy (non-hydrogen) atoms. The fourth-order valence-corrected chi connectivity index (χ4v) is 5.17. The summed E-state index contributed by atoms with van der Waals surface area (Å²) in [7, 11) is 1.35. The van der Waals surface area contributed by atoms with E-state index in [1.54, 1.807) is 36.4 Å². The van der Waals surface area contributed by atoms with E-state index in [4.69, 9.17) is 37.4 Å². The van der Waals surface area contributed by atoms with Crippen LogP contribution >= 0.6 is 23.2 Å². The SMILES string of the molecule is COc1cc(OC)c(S(=O)(=O)NCC(=O)N(C)c2ccc(Cl)cc2C(O)c2ccccc2Cl)cc1OC. The highest BCUT2D eigenvalue weighted by Crippen LogP contribution is 2.37. The molecule has 198 valence electrons. The predicted molar refractivity (Wildman–Crippen MR) is 142 cm³/mol. The first-order valence-electron chi connectivity index (χ1n) is 10.8. The van der Waals surface area contributed by atoms with Crippen molar-refractivity contribution < 1.29 is 32.5 Å². The van der Waals surface area contributed by atoms with E-state index >= 15 is 0 Å². The van der Waals surface area contributed by atoms with Gasteiger partial charge in [0.2, 0.25) is 15.9 Å². The van der Waals surface area contributed by atoms with Crippen molar-refractivity contribution >= 4 is 44.8 Å². The van der Waals surface area contributed by atoms with Gasteiger partial charge in [-0.05, 0) is 24.3 Å². The summed E-state index contributed by atoms with van der Waals surface area (Å²) < 4.78 is 44.0. The molecule has 3 aromatic carbocycles. The molecule has 0 saturated heterocycles. The Morgan fingerprint density at radius 1 is 0.946 bits per heavy atom. The maximum Gasteiger partial charge on any atom is 0.244 e. The molecule has 0 aliphatic carbocycles. The van der Waals surface area contributed by atoms with Crippen molar-refractivity contribution in [3.63, 3.8) is 0 Å². The number of sulfonamides is 1. The molecule has 12 heteroatoms. The number of benzene rings is 3. The summed E-state index contributed by atoms with van der Waals surface area (Å²) in [6.45, 7) is -0.583. The van der Waals surface area contributed by atoms with Crippen molar-refractivity contribution in [1.82, 2.24) is 4.72 Å². The number of amides is 1. The first-order chi connectivity index (χ1) is 17.5. The molecule has 0 radical (unpaired) electrons. The fourth-order valence-electron chi connectivity index (χ4n) is 3.61. The van der Waals surface area contributed by atoms with E-state index in [1.165, 1.54) is 51.5 Å². The maximum absolute atomic E-state index is 13.1. The van der Waals surface area contributed by atoms with Crippen molar-refractivity contribution in [1.29, 1.82) is 0 Å². The van der Waals surface area contributed by atoms with Crippen molar-refractivity contribution in [2.75, 3.05) is 39.8 Å². The zero-order valence-electron chi connectivity index (χ0n) is 20.5. The maximum atomic E-state index is 13.1. The van der Waals surface area contributed by atoms with Crippen LogP contribution in [0.1, 0.15) is 17.2 Å². The van der Waals surface area contributed by atoms with Crippen LogP contribution in [0, 0.1) is 0 Å². The summed E-state index contributed by atoms with van der Waals surface area (Å²) in [6.07, 6.45) is -1.19. The number of methoxy groups -OCH3 is 3. The van der Waals surface area contributed by atoms with E-state index in [0.29, 0.717) is 26.9 Å². The molecule has 0 spiro atoms. The Morgan fingerprint density at radius 3 is 2.19 bits per heavy atom. The van der Waals surface area contributed by atoms with Crippen LogP contribution in [0.5, 0.6) is 17.2 Å². The first kappa shape index (κ1) is 28.5. The molecule has 2 N–H and O–H groups in total. The van der Waals surface area contributed by atoms with Gasteiger partial charge in [-0.1, -0.05) is 41.4 Å². The molecule has 3 rings (SSSR count). The van der Waals surface area contributed by atoms with Crippen molar-refractivity contribution in [2.24, 2.45) is 0 Å². The van der Waals surface area contributed by atoms with Crippen molar-refractivity contribution in [3.05, 3.63) is 75.8 Å². The van der Waals surface area contributed by atoms with Gasteiger partial charge in [-0.2, -0.15) is 0 Å². The zero-order valence-corrected chi connectivity index (χ0v) is 22.8. The lowest BCUT2D eigenvalue weighted by Crippen LogP contribution is -2.38. The standard InChI is InChI=1S/C25H26Cl2N2O7S/c1-29(19-10-9-15(26)11-17(19)25(31)16-7-5-6-8-18(16)27)24(30)14-28-37(32,33)23-13-21(35-3)20(34-2)12-22(23)36-4/h5-13,25,28,31H,14H2,1-4H3. The van der Waals surface area contributed by atoms with Crippen LogP contribution in [-0.4, -0.2) is 54.4 Å². The molecule has 0 aliphatic heterocycles. The molecule has 0 saturated carbocycles. The molecule has 3 aromatic rings. The van der Waals surface area contributed by atoms with Gasteiger partial charge < -0.3 is 24.2 Å². The van der Waals surface area contributed by atoms with Gasteiger partial charge in [0.05, 0.1) is 27.9 Å². The highest BCUT2D eigenvalue weighted by molar-refractivity contribution is 7.89. The van der Waals surface area contributed by atoms with Crippen LogP contribution in [0.15, 0.2) is 59.5 Å². The molecule has 9 nitrogen and oxygen atoms in total. The number of rotatable bonds is 10. The summed E-state index contributed by atoms with van der Waals surface area (Å²) >= 11 is 12.4. The van der Waals surface area contributed by atoms with Gasteiger partial charge in [-0.15, -0.1) is 0 Å². The molecular formula is C25H26Cl2N2O7S. The lowest BCUT2D eigenvalue weighted by molar-refractivity contribution is -0.117. The Hall–Kier alpha value is -3.02. The third-order valence-corrected chi connectivity index (χ3v) is 7.59. The predicted octanol–water partition coefficient (Wildman–Crippen LogP) is 4.04. The minimum atomic E-state index is -4.20. The lowest BCUT2D eigenvalue weighted by Gasteiger charge is -2.24. The molecule has 0 fully saturated rings. The lowest BCUT2D eigenvalue weighted by atomic mass is 9.99. The van der Waals surface area contributed by atoms with E-state index < -0.39 is 28.6 Å². The number of aliphatic hydroxyl groups is 1. The van der Waals surface area contributed by atoms with Gasteiger partial charge in [0.25, 0.3) is 0 Å². The number of carbonyl (C=O) groups is 1. The van der Waals surface area contributed by atoms with Gasteiger partial charge in [-0.3, -0.25) is 4.79 Å². The molecule has 1 amide bonds. The second-order valence-electron chi connectivity index (χ2n) is 7.76. The van der Waals surface area contributed by atoms with Crippen LogP contribution in [0.3, 0.4) is 0 Å². The van der Waals surface area contributed by atoms with Crippen molar-refractivity contribution in [3.8, 4) is 17.2 Å². The summed E-state index contributed by atoms with van der Waals surface area (Å²) in [5, 5.41) is 11.7. The van der Waals surface area contributed by atoms with Crippen LogP contribution < -0.4 is 23.8 Å². The van der Waals surface area contributed by atoms with Gasteiger partial charge in [-0.25, -0.2) is 13.1 Å². The number of ether oxygens (including phenoxy) is 3. The normalized spacial score (nSPS) is 12.1. The average Bonchev–Trinajstić information content (AvgIpc) is 2.90. The minimum absolute atomic E-state index is 0.00815. The van der Waals surface area contributed by atoms with Crippen molar-refractivity contribution in [2.45, 2.75) is 11.0 Å². The molecule has 0 aromatic heterocycles. The highest BCUT2D eigenvalue weighted by atomic mass is 35.5. The number of nitrogens with one attached hydrogen (secondary N) is 1. The quantitative estimate of drug-likeness (QED) is 0.379. The van der Waals surface area contributed by atoms with E-state index in [1.807, 2.05) is 0 Å². The third-order valence-electron chi connectivity index (χ3n) is 5.59. The Bertz CT molecular complexity index is 1400. The number of hydrogen-bond acceptors (Lipinski definition) is 7. The fraction of sp³-hybridized carbons (Fsp3) is 0.240. The molecular weight excluding hydrogens is 543 g/mol. The number of hydrogen-bond donors (Lipinski definition) is 2. The first-order valence-corrected chi connectivity index (χ1v) is 13.1. The Balaban J connectivity index is 1.87. The molecule has 1 atom stereocenters. The molecule has 0 aliphatic rings. The van der Waals surface area contributed by atoms with Crippen LogP contribution in [0.25, 0.3) is 0 Å². The number of nitrogens with zero attached hydrogens (tertiary/aromatic N) is 1. The number of carbonyl (C=O) groups excluding carboxylic acids is 1. The second-order valence-corrected chi connectivity index (χ2v) is 10.3. The number of aliphatic hydroxyl groups excluding tert-OH is 1. The monoisotopic (exact) mass is 568 g/mol. The summed E-state index contributed by atoms with van der Waals surface area (Å²) in [5.74, 6) is -0.139. The Labute approximate surface area is 225 Å². The summed E-state index contributed by atoms with van der Waals surface area (Å²) in [6, 6.07) is 14.0. The number of likely N-dealkylation sites (N-methyl/N-ethyl adjacent to an activating group) is 1. The molecule has 1 unspecified atom stereocenters. The average molecular weight is 569 g/mol. The smallest absolute Gasteiger partial charge is 0.244 e. The van der Waals surface area contributed by atoms with Crippen LogP contribution in [0.2, 0.25) is 10.0 Å².